The number of hydrogen-bond donors (Lipinski definition) is 2. The zero-order chi connectivity index (χ0) is 13.2. The molecule has 0 saturated carbocycles. The predicted molar refractivity (Wildman–Crippen MR) is 67.5 cm³/mol. The molecule has 1 rings (SSSR count). The molecule has 1 atom stereocenters. The highest BCUT2D eigenvalue weighted by Crippen LogP contribution is 2.24. The quantitative estimate of drug-likeness (QED) is 0.857. The molecule has 0 aliphatic carbocycles. The van der Waals surface area contributed by atoms with Crippen LogP contribution in [0.5, 0.6) is 0 Å². The monoisotopic (exact) mass is 258 g/mol. The van der Waals surface area contributed by atoms with Gasteiger partial charge in [0.1, 0.15) is 5.82 Å². The number of amides is 1. The summed E-state index contributed by atoms with van der Waals surface area (Å²) in [6.07, 6.45) is 0. The fourth-order valence-electron chi connectivity index (χ4n) is 1.20. The third-order valence-corrected chi connectivity index (χ3v) is 2.73. The van der Waals surface area contributed by atoms with E-state index in [1.807, 2.05) is 20.8 Å². The Hall–Kier alpha value is -1.13. The van der Waals surface area contributed by atoms with Gasteiger partial charge in [-0.2, -0.15) is 0 Å². The number of rotatable bonds is 2. The van der Waals surface area contributed by atoms with Gasteiger partial charge in [-0.25, -0.2) is 4.39 Å². The lowest BCUT2D eigenvalue weighted by atomic mass is 9.87. The lowest BCUT2D eigenvalue weighted by molar-refractivity contribution is -0.119. The molecule has 94 valence electrons. The van der Waals surface area contributed by atoms with Crippen molar-refractivity contribution >= 4 is 23.2 Å². The van der Waals surface area contributed by atoms with E-state index in [1.165, 1.54) is 12.1 Å². The molecule has 3 nitrogen and oxygen atoms in total. The summed E-state index contributed by atoms with van der Waals surface area (Å²) >= 11 is 5.84. The maximum absolute atomic E-state index is 13.0. The van der Waals surface area contributed by atoms with E-state index in [2.05, 4.69) is 5.32 Å². The molecule has 0 bridgehead atoms. The van der Waals surface area contributed by atoms with Crippen LogP contribution in [-0.4, -0.2) is 11.9 Å². The van der Waals surface area contributed by atoms with Crippen molar-refractivity contribution in [2.75, 3.05) is 5.32 Å². The van der Waals surface area contributed by atoms with Gasteiger partial charge in [0.15, 0.2) is 0 Å². The third-order valence-electron chi connectivity index (χ3n) is 2.40. The number of nitrogens with one attached hydrogen (secondary N) is 1. The molecule has 0 saturated heterocycles. The van der Waals surface area contributed by atoms with Crippen molar-refractivity contribution in [3.05, 3.63) is 29.0 Å². The molecule has 0 aliphatic heterocycles. The summed E-state index contributed by atoms with van der Waals surface area (Å²) in [5.74, 6) is -0.848. The normalized spacial score (nSPS) is 13.3. The van der Waals surface area contributed by atoms with E-state index in [0.29, 0.717) is 0 Å². The van der Waals surface area contributed by atoms with Crippen LogP contribution in [0.25, 0.3) is 0 Å². The molecule has 0 spiro atoms. The van der Waals surface area contributed by atoms with Crippen molar-refractivity contribution in [2.45, 2.75) is 26.8 Å². The molecular weight excluding hydrogens is 243 g/mol. The van der Waals surface area contributed by atoms with Gasteiger partial charge in [-0.1, -0.05) is 32.4 Å². The predicted octanol–water partition coefficient (Wildman–Crippen LogP) is 2.79. The number of anilines is 1. The standard InChI is InChI=1S/C12H16ClFN2O/c1-12(2,3)10(15)11(17)16-9-6-7(14)4-5-8(9)13/h4-6,10H,15H2,1-3H3,(H,16,17). The number of hydrogen-bond acceptors (Lipinski definition) is 2. The minimum Gasteiger partial charge on any atom is -0.323 e. The van der Waals surface area contributed by atoms with Crippen LogP contribution in [-0.2, 0) is 4.79 Å². The Labute approximate surface area is 105 Å². The Bertz CT molecular complexity index is 429. The van der Waals surface area contributed by atoms with E-state index < -0.39 is 11.9 Å². The van der Waals surface area contributed by atoms with Crippen molar-refractivity contribution in [2.24, 2.45) is 11.1 Å². The second kappa shape index (κ2) is 5.02. The summed E-state index contributed by atoms with van der Waals surface area (Å²) in [7, 11) is 0. The summed E-state index contributed by atoms with van der Waals surface area (Å²) in [6, 6.07) is 3.08. The molecule has 3 N–H and O–H groups in total. The van der Waals surface area contributed by atoms with Crippen LogP contribution in [0, 0.1) is 11.2 Å². The molecule has 1 unspecified atom stereocenters. The number of nitrogens with two attached hydrogens (primary N) is 1. The third kappa shape index (κ3) is 3.68. The molecule has 0 aliphatic rings. The zero-order valence-corrected chi connectivity index (χ0v) is 10.8. The number of benzene rings is 1. The first-order valence-corrected chi connectivity index (χ1v) is 5.61. The van der Waals surface area contributed by atoms with Crippen LogP contribution in [0.4, 0.5) is 10.1 Å². The van der Waals surface area contributed by atoms with E-state index >= 15 is 0 Å². The van der Waals surface area contributed by atoms with Gasteiger partial charge in [-0.3, -0.25) is 4.79 Å². The van der Waals surface area contributed by atoms with Gasteiger partial charge in [0.05, 0.1) is 16.8 Å². The van der Waals surface area contributed by atoms with Gasteiger partial charge in [0.2, 0.25) is 5.91 Å². The topological polar surface area (TPSA) is 55.1 Å². The van der Waals surface area contributed by atoms with Gasteiger partial charge >= 0.3 is 0 Å². The van der Waals surface area contributed by atoms with Gasteiger partial charge in [-0.15, -0.1) is 0 Å². The van der Waals surface area contributed by atoms with Crippen molar-refractivity contribution in [3.8, 4) is 0 Å². The van der Waals surface area contributed by atoms with E-state index in [1.54, 1.807) is 0 Å². The van der Waals surface area contributed by atoms with Crippen molar-refractivity contribution in [1.82, 2.24) is 0 Å². The Morgan fingerprint density at radius 1 is 1.47 bits per heavy atom. The van der Waals surface area contributed by atoms with Crippen molar-refractivity contribution < 1.29 is 9.18 Å². The summed E-state index contributed by atoms with van der Waals surface area (Å²) < 4.78 is 13.0. The van der Waals surface area contributed by atoms with Crippen molar-refractivity contribution in [3.63, 3.8) is 0 Å². The lowest BCUT2D eigenvalue weighted by Gasteiger charge is -2.25. The SMILES string of the molecule is CC(C)(C)C(N)C(=O)Nc1cc(F)ccc1Cl. The number of carbonyl (C=O) groups excluding carboxylic acids is 1. The first-order chi connectivity index (χ1) is 7.71. The van der Waals surface area contributed by atoms with E-state index in [9.17, 15) is 9.18 Å². The van der Waals surface area contributed by atoms with E-state index in [0.717, 1.165) is 6.07 Å². The van der Waals surface area contributed by atoms with E-state index in [4.69, 9.17) is 17.3 Å². The Morgan fingerprint density at radius 2 is 2.06 bits per heavy atom. The summed E-state index contributed by atoms with van der Waals surface area (Å²) in [4.78, 5) is 11.8. The molecule has 0 fully saturated rings. The smallest absolute Gasteiger partial charge is 0.241 e. The minimum absolute atomic E-state index is 0.233. The molecule has 1 aromatic carbocycles. The Kier molecular flexibility index (Phi) is 4.11. The highest BCUT2D eigenvalue weighted by atomic mass is 35.5. The zero-order valence-electron chi connectivity index (χ0n) is 10.1. The Balaban J connectivity index is 2.85. The highest BCUT2D eigenvalue weighted by molar-refractivity contribution is 6.33. The van der Waals surface area contributed by atoms with Crippen LogP contribution in [0.2, 0.25) is 5.02 Å². The van der Waals surface area contributed by atoms with Gasteiger partial charge in [0, 0.05) is 0 Å². The average molecular weight is 259 g/mol. The van der Waals surface area contributed by atoms with Crippen LogP contribution < -0.4 is 11.1 Å². The molecule has 0 heterocycles. The van der Waals surface area contributed by atoms with Gasteiger partial charge in [-0.05, 0) is 23.6 Å². The summed E-state index contributed by atoms with van der Waals surface area (Å²) in [5.41, 5.74) is 5.64. The number of halogens is 2. The minimum atomic E-state index is -0.693. The summed E-state index contributed by atoms with van der Waals surface area (Å²) in [6.45, 7) is 5.55. The fourth-order valence-corrected chi connectivity index (χ4v) is 1.36. The largest absolute Gasteiger partial charge is 0.323 e. The molecule has 0 aromatic heterocycles. The average Bonchev–Trinajstić information content (AvgIpc) is 2.21. The van der Waals surface area contributed by atoms with Crippen LogP contribution in [0.3, 0.4) is 0 Å². The first-order valence-electron chi connectivity index (χ1n) is 5.23. The molecule has 17 heavy (non-hydrogen) atoms. The van der Waals surface area contributed by atoms with Crippen molar-refractivity contribution in [1.29, 1.82) is 0 Å². The second-order valence-electron chi connectivity index (χ2n) is 4.96. The second-order valence-corrected chi connectivity index (χ2v) is 5.36. The molecule has 0 radical (unpaired) electrons. The lowest BCUT2D eigenvalue weighted by Crippen LogP contribution is -2.45. The molecular formula is C12H16ClFN2O. The fraction of sp³-hybridized carbons (Fsp3) is 0.417. The highest BCUT2D eigenvalue weighted by Gasteiger charge is 2.27. The maximum atomic E-state index is 13.0. The Morgan fingerprint density at radius 3 is 2.59 bits per heavy atom. The first kappa shape index (κ1) is 13.9. The maximum Gasteiger partial charge on any atom is 0.241 e. The van der Waals surface area contributed by atoms with E-state index in [-0.39, 0.29) is 22.0 Å². The molecule has 1 aromatic rings. The molecule has 1 amide bonds. The van der Waals surface area contributed by atoms with Gasteiger partial charge < -0.3 is 11.1 Å². The van der Waals surface area contributed by atoms with Gasteiger partial charge in [0.25, 0.3) is 0 Å². The molecule has 5 heteroatoms. The van der Waals surface area contributed by atoms with Crippen LogP contribution in [0.15, 0.2) is 18.2 Å². The van der Waals surface area contributed by atoms with Crippen LogP contribution in [0.1, 0.15) is 20.8 Å². The van der Waals surface area contributed by atoms with Crippen LogP contribution >= 0.6 is 11.6 Å². The summed E-state index contributed by atoms with van der Waals surface area (Å²) in [5, 5.41) is 2.80. The number of carbonyl (C=O) groups is 1.